The quantitative estimate of drug-likeness (QED) is 0.775. The average molecular weight is 258 g/mol. The highest BCUT2D eigenvalue weighted by Crippen LogP contribution is 2.17. The van der Waals surface area contributed by atoms with Crippen LogP contribution in [0.2, 0.25) is 0 Å². The topological polar surface area (TPSA) is 24.9 Å². The number of thioether (sulfide) groups is 1. The summed E-state index contributed by atoms with van der Waals surface area (Å²) in [5.41, 5.74) is 0. The van der Waals surface area contributed by atoms with E-state index in [9.17, 15) is 0 Å². The van der Waals surface area contributed by atoms with Crippen LogP contribution < -0.4 is 5.32 Å². The van der Waals surface area contributed by atoms with Gasteiger partial charge < -0.3 is 5.32 Å². The molecule has 0 radical (unpaired) electrons. The fourth-order valence-electron chi connectivity index (χ4n) is 1.44. The molecule has 1 N–H and O–H groups in total. The van der Waals surface area contributed by atoms with Crippen LogP contribution in [0.15, 0.2) is 11.6 Å². The molecule has 92 valence electrons. The Balaban J connectivity index is 2.35. The third kappa shape index (κ3) is 5.32. The number of likely N-dealkylation sites (N-methyl/N-ethyl adjacent to an activating group) is 1. The molecule has 0 aromatic carbocycles. The van der Waals surface area contributed by atoms with Gasteiger partial charge in [0.15, 0.2) is 0 Å². The van der Waals surface area contributed by atoms with Gasteiger partial charge in [0.2, 0.25) is 0 Å². The molecular weight excluding hydrogens is 236 g/mol. The second-order valence-electron chi connectivity index (χ2n) is 3.94. The lowest BCUT2D eigenvalue weighted by Crippen LogP contribution is -2.33. The molecule has 0 saturated heterocycles. The molecule has 0 aliphatic rings. The summed E-state index contributed by atoms with van der Waals surface area (Å²) in [6, 6.07) is 0.565. The van der Waals surface area contributed by atoms with E-state index in [2.05, 4.69) is 48.2 Å². The molecule has 0 spiro atoms. The van der Waals surface area contributed by atoms with E-state index >= 15 is 0 Å². The van der Waals surface area contributed by atoms with E-state index in [1.54, 1.807) is 11.3 Å². The Bertz CT molecular complexity index is 262. The van der Waals surface area contributed by atoms with Gasteiger partial charge in [-0.15, -0.1) is 11.3 Å². The Morgan fingerprint density at radius 1 is 1.50 bits per heavy atom. The van der Waals surface area contributed by atoms with Crippen molar-refractivity contribution >= 4 is 23.1 Å². The molecule has 0 fully saturated rings. The minimum Gasteiger partial charge on any atom is -0.313 e. The molecule has 0 amide bonds. The largest absolute Gasteiger partial charge is 0.313 e. The summed E-state index contributed by atoms with van der Waals surface area (Å²) in [7, 11) is 0. The van der Waals surface area contributed by atoms with Crippen molar-refractivity contribution in [1.82, 2.24) is 10.3 Å². The van der Waals surface area contributed by atoms with Crippen LogP contribution in [0.4, 0.5) is 0 Å². The molecule has 4 heteroatoms. The summed E-state index contributed by atoms with van der Waals surface area (Å²) in [4.78, 5) is 4.35. The molecule has 0 aliphatic carbocycles. The average Bonchev–Trinajstić information content (AvgIpc) is 2.78. The molecule has 0 aliphatic heterocycles. The lowest BCUT2D eigenvalue weighted by atomic mass is 10.2. The SMILES string of the molecule is CCNC(CSC(C)CC)Cc1nccs1. The van der Waals surface area contributed by atoms with E-state index in [0.29, 0.717) is 6.04 Å². The lowest BCUT2D eigenvalue weighted by molar-refractivity contribution is 0.570. The van der Waals surface area contributed by atoms with Crippen LogP contribution in [0.1, 0.15) is 32.2 Å². The summed E-state index contributed by atoms with van der Waals surface area (Å²) in [6.45, 7) is 7.76. The van der Waals surface area contributed by atoms with Crippen molar-refractivity contribution in [3.05, 3.63) is 16.6 Å². The van der Waals surface area contributed by atoms with Crippen molar-refractivity contribution in [2.45, 2.75) is 44.9 Å². The summed E-state index contributed by atoms with van der Waals surface area (Å²) in [5.74, 6) is 1.18. The van der Waals surface area contributed by atoms with Crippen molar-refractivity contribution in [3.63, 3.8) is 0 Å². The maximum atomic E-state index is 4.35. The molecule has 16 heavy (non-hydrogen) atoms. The van der Waals surface area contributed by atoms with Crippen LogP contribution in [0.25, 0.3) is 0 Å². The first kappa shape index (κ1) is 14.0. The van der Waals surface area contributed by atoms with E-state index in [-0.39, 0.29) is 0 Å². The minimum absolute atomic E-state index is 0.565. The molecule has 2 unspecified atom stereocenters. The van der Waals surface area contributed by atoms with E-state index in [1.807, 2.05) is 6.20 Å². The van der Waals surface area contributed by atoms with E-state index in [0.717, 1.165) is 18.2 Å². The smallest absolute Gasteiger partial charge is 0.0940 e. The Kier molecular flexibility index (Phi) is 7.08. The molecule has 2 atom stereocenters. The van der Waals surface area contributed by atoms with Crippen molar-refractivity contribution < 1.29 is 0 Å². The number of rotatable bonds is 8. The monoisotopic (exact) mass is 258 g/mol. The Hall–Kier alpha value is -0.0600. The van der Waals surface area contributed by atoms with Gasteiger partial charge in [-0.2, -0.15) is 11.8 Å². The molecule has 1 aromatic heterocycles. The molecule has 1 rings (SSSR count). The predicted octanol–water partition coefficient (Wildman–Crippen LogP) is 3.20. The van der Waals surface area contributed by atoms with Gasteiger partial charge in [0.1, 0.15) is 0 Å². The standard InChI is InChI=1S/C12H22N2S2/c1-4-10(3)16-9-11(13-5-2)8-12-14-6-7-15-12/h6-7,10-11,13H,4-5,8-9H2,1-3H3. The summed E-state index contributed by atoms with van der Waals surface area (Å²) >= 11 is 3.82. The molecule has 1 aromatic rings. The second-order valence-corrected chi connectivity index (χ2v) is 6.39. The third-order valence-corrected chi connectivity index (χ3v) is 4.85. The number of thiazole rings is 1. The van der Waals surface area contributed by atoms with Crippen molar-refractivity contribution in [1.29, 1.82) is 0 Å². The zero-order valence-electron chi connectivity index (χ0n) is 10.4. The number of nitrogens with zero attached hydrogens (tertiary/aromatic N) is 1. The lowest BCUT2D eigenvalue weighted by Gasteiger charge is -2.18. The van der Waals surface area contributed by atoms with Gasteiger partial charge in [-0.1, -0.05) is 20.8 Å². The number of hydrogen-bond acceptors (Lipinski definition) is 4. The first-order chi connectivity index (χ1) is 7.76. The second kappa shape index (κ2) is 8.09. The van der Waals surface area contributed by atoms with Crippen LogP contribution in [0.3, 0.4) is 0 Å². The van der Waals surface area contributed by atoms with Gasteiger partial charge in [0, 0.05) is 35.0 Å². The van der Waals surface area contributed by atoms with Crippen molar-refractivity contribution in [2.75, 3.05) is 12.3 Å². The maximum absolute atomic E-state index is 4.35. The summed E-state index contributed by atoms with van der Waals surface area (Å²) in [5, 5.41) is 7.61. The first-order valence-electron chi connectivity index (χ1n) is 5.99. The highest BCUT2D eigenvalue weighted by Gasteiger charge is 2.11. The van der Waals surface area contributed by atoms with Gasteiger partial charge in [-0.25, -0.2) is 4.98 Å². The number of hydrogen-bond donors (Lipinski definition) is 1. The van der Waals surface area contributed by atoms with Gasteiger partial charge in [0.25, 0.3) is 0 Å². The number of nitrogens with one attached hydrogen (secondary N) is 1. The maximum Gasteiger partial charge on any atom is 0.0940 e. The molecule has 0 saturated carbocycles. The zero-order valence-corrected chi connectivity index (χ0v) is 12.0. The van der Waals surface area contributed by atoms with E-state index in [4.69, 9.17) is 0 Å². The van der Waals surface area contributed by atoms with Gasteiger partial charge in [0.05, 0.1) is 5.01 Å². The van der Waals surface area contributed by atoms with Gasteiger partial charge in [-0.3, -0.25) is 0 Å². The number of aromatic nitrogens is 1. The van der Waals surface area contributed by atoms with E-state index in [1.165, 1.54) is 17.2 Å². The van der Waals surface area contributed by atoms with Crippen LogP contribution in [-0.4, -0.2) is 28.6 Å². The normalized spacial score (nSPS) is 14.9. The molecule has 2 nitrogen and oxygen atoms in total. The Morgan fingerprint density at radius 2 is 2.31 bits per heavy atom. The van der Waals surface area contributed by atoms with Gasteiger partial charge >= 0.3 is 0 Å². The highest BCUT2D eigenvalue weighted by atomic mass is 32.2. The molecule has 1 heterocycles. The highest BCUT2D eigenvalue weighted by molar-refractivity contribution is 7.99. The van der Waals surface area contributed by atoms with Gasteiger partial charge in [-0.05, 0) is 13.0 Å². The Labute approximate surface area is 107 Å². The first-order valence-corrected chi connectivity index (χ1v) is 7.92. The van der Waals surface area contributed by atoms with Crippen LogP contribution in [0, 0.1) is 0 Å². The van der Waals surface area contributed by atoms with Crippen LogP contribution >= 0.6 is 23.1 Å². The fourth-order valence-corrected chi connectivity index (χ4v) is 3.17. The van der Waals surface area contributed by atoms with E-state index < -0.39 is 0 Å². The van der Waals surface area contributed by atoms with Crippen molar-refractivity contribution in [2.24, 2.45) is 0 Å². The minimum atomic E-state index is 0.565. The molecular formula is C12H22N2S2. The summed E-state index contributed by atoms with van der Waals surface area (Å²) in [6.07, 6.45) is 4.21. The predicted molar refractivity (Wildman–Crippen MR) is 75.5 cm³/mol. The van der Waals surface area contributed by atoms with Crippen molar-refractivity contribution in [3.8, 4) is 0 Å². The molecule has 0 bridgehead atoms. The van der Waals surface area contributed by atoms with Crippen LogP contribution in [-0.2, 0) is 6.42 Å². The Morgan fingerprint density at radius 3 is 2.88 bits per heavy atom. The fraction of sp³-hybridized carbons (Fsp3) is 0.750. The third-order valence-electron chi connectivity index (χ3n) is 2.55. The zero-order chi connectivity index (χ0) is 11.8. The summed E-state index contributed by atoms with van der Waals surface area (Å²) < 4.78 is 0. The van der Waals surface area contributed by atoms with Crippen LogP contribution in [0.5, 0.6) is 0 Å².